The molecule has 0 amide bonds. The van der Waals surface area contributed by atoms with Crippen LogP contribution < -0.4 is 5.32 Å². The lowest BCUT2D eigenvalue weighted by atomic mass is 9.95. The molecule has 0 aromatic carbocycles. The lowest BCUT2D eigenvalue weighted by Crippen LogP contribution is -2.51. The lowest BCUT2D eigenvalue weighted by molar-refractivity contribution is 0.142. The summed E-state index contributed by atoms with van der Waals surface area (Å²) in [6, 6.07) is 0.480. The second-order valence-corrected chi connectivity index (χ2v) is 5.75. The summed E-state index contributed by atoms with van der Waals surface area (Å²) in [6.45, 7) is 8.90. The monoisotopic (exact) mass is 225 g/mol. The summed E-state index contributed by atoms with van der Waals surface area (Å²) < 4.78 is 0. The topological polar surface area (TPSA) is 32.3 Å². The first-order valence-corrected chi connectivity index (χ1v) is 6.50. The van der Waals surface area contributed by atoms with Gasteiger partial charge in [0.15, 0.2) is 0 Å². The maximum atomic E-state index is 9.48. The van der Waals surface area contributed by atoms with E-state index < -0.39 is 0 Å². The Labute approximate surface area is 100 Å². The standard InChI is InChI=1S/C14H27NO/c1-11(2)6-5-7-12(3)15-14(4,10-16)13-8-9-13/h6,12-13,15-16H,5,7-10H2,1-4H3. The van der Waals surface area contributed by atoms with Crippen molar-refractivity contribution in [1.82, 2.24) is 5.32 Å². The minimum absolute atomic E-state index is 0.0512. The predicted octanol–water partition coefficient (Wildman–Crippen LogP) is 2.87. The van der Waals surface area contributed by atoms with Crippen molar-refractivity contribution in [3.8, 4) is 0 Å². The summed E-state index contributed by atoms with van der Waals surface area (Å²) in [6.07, 6.45) is 7.09. The minimum atomic E-state index is -0.0512. The molecule has 2 nitrogen and oxygen atoms in total. The number of hydrogen-bond acceptors (Lipinski definition) is 2. The van der Waals surface area contributed by atoms with Crippen LogP contribution in [0.4, 0.5) is 0 Å². The molecule has 1 fully saturated rings. The molecular weight excluding hydrogens is 198 g/mol. The van der Waals surface area contributed by atoms with Crippen LogP contribution >= 0.6 is 0 Å². The first kappa shape index (κ1) is 13.7. The molecule has 2 N–H and O–H groups in total. The van der Waals surface area contributed by atoms with Crippen LogP contribution in [-0.2, 0) is 0 Å². The molecule has 0 bridgehead atoms. The van der Waals surface area contributed by atoms with Gasteiger partial charge in [-0.15, -0.1) is 0 Å². The average molecular weight is 225 g/mol. The summed E-state index contributed by atoms with van der Waals surface area (Å²) in [7, 11) is 0. The van der Waals surface area contributed by atoms with Gasteiger partial charge in [0.05, 0.1) is 6.61 Å². The zero-order valence-electron chi connectivity index (χ0n) is 11.2. The number of hydrogen-bond donors (Lipinski definition) is 2. The number of allylic oxidation sites excluding steroid dienone is 2. The van der Waals surface area contributed by atoms with Crippen LogP contribution in [-0.4, -0.2) is 23.3 Å². The van der Waals surface area contributed by atoms with Crippen molar-refractivity contribution >= 4 is 0 Å². The molecule has 2 heteroatoms. The van der Waals surface area contributed by atoms with E-state index in [2.05, 4.69) is 39.1 Å². The molecule has 0 aromatic heterocycles. The molecule has 0 spiro atoms. The third kappa shape index (κ3) is 4.26. The van der Waals surface area contributed by atoms with E-state index in [9.17, 15) is 5.11 Å². The molecule has 0 aliphatic heterocycles. The quantitative estimate of drug-likeness (QED) is 0.653. The smallest absolute Gasteiger partial charge is 0.0613 e. The van der Waals surface area contributed by atoms with Gasteiger partial charge in [0.25, 0.3) is 0 Å². The maximum Gasteiger partial charge on any atom is 0.0613 e. The highest BCUT2D eigenvalue weighted by molar-refractivity contribution is 4.99. The van der Waals surface area contributed by atoms with Crippen molar-refractivity contribution in [3.63, 3.8) is 0 Å². The maximum absolute atomic E-state index is 9.48. The highest BCUT2D eigenvalue weighted by Crippen LogP contribution is 2.39. The Morgan fingerprint density at radius 3 is 2.56 bits per heavy atom. The fourth-order valence-electron chi connectivity index (χ4n) is 2.27. The molecule has 0 heterocycles. The fraction of sp³-hybridized carbons (Fsp3) is 0.857. The van der Waals surface area contributed by atoms with E-state index in [1.54, 1.807) is 0 Å². The van der Waals surface area contributed by atoms with Crippen LogP contribution in [0.1, 0.15) is 53.4 Å². The van der Waals surface area contributed by atoms with Crippen molar-refractivity contribution in [2.45, 2.75) is 65.0 Å². The molecule has 1 saturated carbocycles. The Hall–Kier alpha value is -0.340. The molecule has 0 radical (unpaired) electrons. The zero-order valence-corrected chi connectivity index (χ0v) is 11.2. The second kappa shape index (κ2) is 5.83. The normalized spacial score (nSPS) is 21.3. The van der Waals surface area contributed by atoms with Gasteiger partial charge < -0.3 is 10.4 Å². The molecular formula is C14H27NO. The lowest BCUT2D eigenvalue weighted by Gasteiger charge is -2.32. The van der Waals surface area contributed by atoms with Gasteiger partial charge in [-0.25, -0.2) is 0 Å². The number of aliphatic hydroxyl groups is 1. The van der Waals surface area contributed by atoms with E-state index in [1.165, 1.54) is 18.4 Å². The molecule has 0 saturated heterocycles. The van der Waals surface area contributed by atoms with Gasteiger partial charge in [0.1, 0.15) is 0 Å². The van der Waals surface area contributed by atoms with Crippen molar-refractivity contribution in [2.75, 3.05) is 6.61 Å². The van der Waals surface area contributed by atoms with Crippen molar-refractivity contribution in [3.05, 3.63) is 11.6 Å². The Kier molecular flexibility index (Phi) is 5.00. The van der Waals surface area contributed by atoms with Gasteiger partial charge in [0.2, 0.25) is 0 Å². The van der Waals surface area contributed by atoms with Crippen molar-refractivity contribution in [1.29, 1.82) is 0 Å². The van der Waals surface area contributed by atoms with E-state index in [0.29, 0.717) is 12.0 Å². The van der Waals surface area contributed by atoms with Gasteiger partial charge in [-0.1, -0.05) is 11.6 Å². The SMILES string of the molecule is CC(C)=CCCC(C)NC(C)(CO)C1CC1. The Bertz CT molecular complexity index is 241. The van der Waals surface area contributed by atoms with Crippen molar-refractivity contribution in [2.24, 2.45) is 5.92 Å². The van der Waals surface area contributed by atoms with E-state index in [1.807, 2.05) is 0 Å². The first-order chi connectivity index (χ1) is 7.48. The van der Waals surface area contributed by atoms with Gasteiger partial charge >= 0.3 is 0 Å². The molecule has 2 unspecified atom stereocenters. The number of rotatable bonds is 7. The first-order valence-electron chi connectivity index (χ1n) is 6.50. The third-order valence-electron chi connectivity index (χ3n) is 3.54. The van der Waals surface area contributed by atoms with Crippen LogP contribution in [0.3, 0.4) is 0 Å². The zero-order chi connectivity index (χ0) is 12.2. The van der Waals surface area contributed by atoms with Gasteiger partial charge in [0, 0.05) is 11.6 Å². The van der Waals surface area contributed by atoms with Gasteiger partial charge in [-0.3, -0.25) is 0 Å². The van der Waals surface area contributed by atoms with E-state index >= 15 is 0 Å². The average Bonchev–Trinajstić information content (AvgIpc) is 3.00. The summed E-state index contributed by atoms with van der Waals surface area (Å²) >= 11 is 0. The molecule has 1 rings (SSSR count). The third-order valence-corrected chi connectivity index (χ3v) is 3.54. The molecule has 1 aliphatic rings. The summed E-state index contributed by atoms with van der Waals surface area (Å²) in [5, 5.41) is 13.1. The fourth-order valence-corrected chi connectivity index (χ4v) is 2.27. The van der Waals surface area contributed by atoms with Crippen molar-refractivity contribution < 1.29 is 5.11 Å². The largest absolute Gasteiger partial charge is 0.394 e. The molecule has 0 aromatic rings. The highest BCUT2D eigenvalue weighted by atomic mass is 16.3. The van der Waals surface area contributed by atoms with E-state index in [4.69, 9.17) is 0 Å². The Morgan fingerprint density at radius 1 is 1.50 bits per heavy atom. The van der Waals surface area contributed by atoms with Crippen LogP contribution in [0.25, 0.3) is 0 Å². The van der Waals surface area contributed by atoms with Crippen LogP contribution in [0, 0.1) is 5.92 Å². The minimum Gasteiger partial charge on any atom is -0.394 e. The molecule has 94 valence electrons. The molecule has 1 aliphatic carbocycles. The molecule has 16 heavy (non-hydrogen) atoms. The highest BCUT2D eigenvalue weighted by Gasteiger charge is 2.41. The van der Waals surface area contributed by atoms with Crippen LogP contribution in [0.15, 0.2) is 11.6 Å². The second-order valence-electron chi connectivity index (χ2n) is 5.75. The van der Waals surface area contributed by atoms with Gasteiger partial charge in [-0.2, -0.15) is 0 Å². The van der Waals surface area contributed by atoms with Crippen LogP contribution in [0.2, 0.25) is 0 Å². The van der Waals surface area contributed by atoms with E-state index in [-0.39, 0.29) is 12.1 Å². The number of aliphatic hydroxyl groups excluding tert-OH is 1. The number of nitrogens with one attached hydrogen (secondary N) is 1. The molecule has 2 atom stereocenters. The summed E-state index contributed by atoms with van der Waals surface area (Å²) in [5.41, 5.74) is 1.34. The van der Waals surface area contributed by atoms with Gasteiger partial charge in [-0.05, 0) is 59.3 Å². The Morgan fingerprint density at radius 2 is 2.12 bits per heavy atom. The summed E-state index contributed by atoms with van der Waals surface area (Å²) in [5.74, 6) is 0.684. The summed E-state index contributed by atoms with van der Waals surface area (Å²) in [4.78, 5) is 0. The Balaban J connectivity index is 2.31. The van der Waals surface area contributed by atoms with E-state index in [0.717, 1.165) is 12.8 Å². The van der Waals surface area contributed by atoms with Crippen LogP contribution in [0.5, 0.6) is 0 Å². The predicted molar refractivity (Wildman–Crippen MR) is 69.5 cm³/mol.